The van der Waals surface area contributed by atoms with Crippen molar-refractivity contribution in [2.45, 2.75) is 30.8 Å². The normalized spacial score (nSPS) is 24.6. The fourth-order valence-electron chi connectivity index (χ4n) is 1.95. The van der Waals surface area contributed by atoms with Gasteiger partial charge >= 0.3 is 0 Å². The lowest BCUT2D eigenvalue weighted by atomic mass is 10.1. The topological polar surface area (TPSA) is 55.9 Å². The first-order chi connectivity index (χ1) is 6.77. The summed E-state index contributed by atoms with van der Waals surface area (Å²) in [5.74, 6) is 0. The van der Waals surface area contributed by atoms with E-state index in [0.717, 1.165) is 19.5 Å². The lowest BCUT2D eigenvalue weighted by molar-refractivity contribution is 0.308. The Kier molecular flexibility index (Phi) is 1.69. The second-order valence-corrected chi connectivity index (χ2v) is 4.62. The highest BCUT2D eigenvalue weighted by molar-refractivity contribution is 5.13. The van der Waals surface area contributed by atoms with Gasteiger partial charge in [-0.2, -0.15) is 5.10 Å². The Morgan fingerprint density at radius 2 is 2.36 bits per heavy atom. The molecule has 1 aromatic rings. The van der Waals surface area contributed by atoms with Crippen LogP contribution in [0.5, 0.6) is 0 Å². The number of hydrogen-bond donors (Lipinski definition) is 2. The zero-order valence-electron chi connectivity index (χ0n) is 8.24. The van der Waals surface area contributed by atoms with Crippen LogP contribution in [0.1, 0.15) is 24.6 Å². The smallest absolute Gasteiger partial charge is 0.0770 e. The van der Waals surface area contributed by atoms with E-state index < -0.39 is 0 Å². The van der Waals surface area contributed by atoms with Crippen LogP contribution in [0.15, 0.2) is 12.3 Å². The third-order valence-corrected chi connectivity index (χ3v) is 3.28. The van der Waals surface area contributed by atoms with Crippen LogP contribution < -0.4 is 11.1 Å². The van der Waals surface area contributed by atoms with E-state index in [1.54, 1.807) is 0 Å². The Morgan fingerprint density at radius 1 is 1.57 bits per heavy atom. The number of nitrogens with zero attached hydrogens (tertiary/aromatic N) is 2. The molecule has 0 spiro atoms. The summed E-state index contributed by atoms with van der Waals surface area (Å²) in [5.41, 5.74) is 7.50. The van der Waals surface area contributed by atoms with Gasteiger partial charge < -0.3 is 11.1 Å². The molecule has 1 aromatic heterocycles. The minimum atomic E-state index is 0.0922. The number of nitrogens with two attached hydrogens (primary N) is 1. The van der Waals surface area contributed by atoms with Gasteiger partial charge in [-0.05, 0) is 18.9 Å². The zero-order valence-corrected chi connectivity index (χ0v) is 8.24. The van der Waals surface area contributed by atoms with Gasteiger partial charge in [0, 0.05) is 36.9 Å². The fourth-order valence-corrected chi connectivity index (χ4v) is 1.95. The zero-order chi connectivity index (χ0) is 9.60. The van der Waals surface area contributed by atoms with Crippen LogP contribution in [-0.2, 0) is 6.42 Å². The molecule has 0 bridgehead atoms. The molecule has 2 aliphatic rings. The number of hydrogen-bond acceptors (Lipinski definition) is 3. The van der Waals surface area contributed by atoms with Crippen molar-refractivity contribution in [1.82, 2.24) is 15.1 Å². The van der Waals surface area contributed by atoms with Gasteiger partial charge in [-0.15, -0.1) is 0 Å². The third kappa shape index (κ3) is 1.35. The molecule has 1 aliphatic carbocycles. The molecule has 0 radical (unpaired) electrons. The summed E-state index contributed by atoms with van der Waals surface area (Å²) in [6.45, 7) is 2.10. The molecule has 1 saturated heterocycles. The second-order valence-electron chi connectivity index (χ2n) is 4.62. The summed E-state index contributed by atoms with van der Waals surface area (Å²) >= 11 is 0. The van der Waals surface area contributed by atoms with Gasteiger partial charge in [0.15, 0.2) is 0 Å². The Bertz CT molecular complexity index is 336. The highest BCUT2D eigenvalue weighted by Gasteiger charge is 2.39. The molecule has 2 fully saturated rings. The van der Waals surface area contributed by atoms with Crippen molar-refractivity contribution in [3.8, 4) is 0 Å². The number of nitrogens with one attached hydrogen (secondary N) is 1. The first-order valence-corrected chi connectivity index (χ1v) is 5.29. The SMILES string of the molecule is NC1(Cc2ccnn2C2CNC2)CC1. The van der Waals surface area contributed by atoms with E-state index in [4.69, 9.17) is 5.73 Å². The van der Waals surface area contributed by atoms with Gasteiger partial charge in [-0.3, -0.25) is 4.68 Å². The molecule has 0 atom stereocenters. The Hall–Kier alpha value is -0.870. The average molecular weight is 192 g/mol. The molecule has 4 nitrogen and oxygen atoms in total. The van der Waals surface area contributed by atoms with Gasteiger partial charge in [0.25, 0.3) is 0 Å². The fraction of sp³-hybridized carbons (Fsp3) is 0.700. The van der Waals surface area contributed by atoms with Crippen molar-refractivity contribution < 1.29 is 0 Å². The molecule has 3 rings (SSSR count). The minimum Gasteiger partial charge on any atom is -0.325 e. The van der Waals surface area contributed by atoms with Crippen molar-refractivity contribution in [2.24, 2.45) is 5.73 Å². The van der Waals surface area contributed by atoms with Gasteiger partial charge in [0.1, 0.15) is 0 Å². The van der Waals surface area contributed by atoms with E-state index in [9.17, 15) is 0 Å². The van der Waals surface area contributed by atoms with Crippen molar-refractivity contribution >= 4 is 0 Å². The first kappa shape index (κ1) is 8.44. The van der Waals surface area contributed by atoms with E-state index in [2.05, 4.69) is 21.2 Å². The van der Waals surface area contributed by atoms with Crippen molar-refractivity contribution in [1.29, 1.82) is 0 Å². The highest BCUT2D eigenvalue weighted by Crippen LogP contribution is 2.35. The average Bonchev–Trinajstić information content (AvgIpc) is 2.61. The molecule has 14 heavy (non-hydrogen) atoms. The van der Waals surface area contributed by atoms with E-state index in [0.29, 0.717) is 6.04 Å². The van der Waals surface area contributed by atoms with Crippen LogP contribution in [-0.4, -0.2) is 28.4 Å². The second kappa shape index (κ2) is 2.81. The minimum absolute atomic E-state index is 0.0922. The third-order valence-electron chi connectivity index (χ3n) is 3.28. The van der Waals surface area contributed by atoms with Crippen molar-refractivity contribution in [3.63, 3.8) is 0 Å². The van der Waals surface area contributed by atoms with Crippen LogP contribution >= 0.6 is 0 Å². The first-order valence-electron chi connectivity index (χ1n) is 5.29. The van der Waals surface area contributed by atoms with Crippen molar-refractivity contribution in [2.75, 3.05) is 13.1 Å². The molecule has 0 amide bonds. The maximum absolute atomic E-state index is 6.11. The largest absolute Gasteiger partial charge is 0.325 e. The van der Waals surface area contributed by atoms with E-state index >= 15 is 0 Å². The summed E-state index contributed by atoms with van der Waals surface area (Å²) in [5, 5.41) is 7.63. The quantitative estimate of drug-likeness (QED) is 0.712. The monoisotopic (exact) mass is 192 g/mol. The predicted molar refractivity (Wildman–Crippen MR) is 54.0 cm³/mol. The molecule has 1 aliphatic heterocycles. The van der Waals surface area contributed by atoms with Crippen LogP contribution in [0.3, 0.4) is 0 Å². The summed E-state index contributed by atoms with van der Waals surface area (Å²) in [4.78, 5) is 0. The lowest BCUT2D eigenvalue weighted by Gasteiger charge is -2.29. The summed E-state index contributed by atoms with van der Waals surface area (Å²) < 4.78 is 2.14. The van der Waals surface area contributed by atoms with Crippen LogP contribution in [0, 0.1) is 0 Å². The van der Waals surface area contributed by atoms with Gasteiger partial charge in [-0.25, -0.2) is 0 Å². The maximum Gasteiger partial charge on any atom is 0.0770 e. The highest BCUT2D eigenvalue weighted by atomic mass is 15.3. The van der Waals surface area contributed by atoms with E-state index in [1.807, 2.05) is 6.20 Å². The maximum atomic E-state index is 6.11. The Morgan fingerprint density at radius 3 is 2.93 bits per heavy atom. The molecule has 2 heterocycles. The molecule has 3 N–H and O–H groups in total. The standard InChI is InChI=1S/C10H16N4/c11-10(2-3-10)5-8-1-4-13-14(8)9-6-12-7-9/h1,4,9,12H,2-3,5-7,11H2. The molecular formula is C10H16N4. The number of rotatable bonds is 3. The summed E-state index contributed by atoms with van der Waals surface area (Å²) in [7, 11) is 0. The summed E-state index contributed by atoms with van der Waals surface area (Å²) in [6, 6.07) is 2.66. The molecular weight excluding hydrogens is 176 g/mol. The molecule has 1 saturated carbocycles. The van der Waals surface area contributed by atoms with Crippen LogP contribution in [0.2, 0.25) is 0 Å². The van der Waals surface area contributed by atoms with Gasteiger partial charge in [-0.1, -0.05) is 0 Å². The molecule has 0 aromatic carbocycles. The predicted octanol–water partition coefficient (Wildman–Crippen LogP) is 0.0612. The molecule has 0 unspecified atom stereocenters. The summed E-state index contributed by atoms with van der Waals surface area (Å²) in [6.07, 6.45) is 5.21. The Balaban J connectivity index is 1.79. The lowest BCUT2D eigenvalue weighted by Crippen LogP contribution is -2.44. The van der Waals surface area contributed by atoms with E-state index in [1.165, 1.54) is 18.5 Å². The van der Waals surface area contributed by atoms with Gasteiger partial charge in [0.05, 0.1) is 6.04 Å². The van der Waals surface area contributed by atoms with E-state index in [-0.39, 0.29) is 5.54 Å². The Labute approximate surface area is 83.5 Å². The van der Waals surface area contributed by atoms with Crippen LogP contribution in [0.25, 0.3) is 0 Å². The van der Waals surface area contributed by atoms with Crippen LogP contribution in [0.4, 0.5) is 0 Å². The molecule has 76 valence electrons. The molecule has 4 heteroatoms. The van der Waals surface area contributed by atoms with Crippen molar-refractivity contribution in [3.05, 3.63) is 18.0 Å². The number of aromatic nitrogens is 2. The van der Waals surface area contributed by atoms with Gasteiger partial charge in [0.2, 0.25) is 0 Å².